The Morgan fingerprint density at radius 3 is 2.35 bits per heavy atom. The van der Waals surface area contributed by atoms with Gasteiger partial charge in [-0.25, -0.2) is 5.43 Å². The highest BCUT2D eigenvalue weighted by molar-refractivity contribution is 6.31. The van der Waals surface area contributed by atoms with Crippen LogP contribution >= 0.6 is 0 Å². The first-order valence-corrected chi connectivity index (χ1v) is 21.1. The van der Waals surface area contributed by atoms with Gasteiger partial charge < -0.3 is 50.2 Å². The zero-order valence-electron chi connectivity index (χ0n) is 35.2. The molecule has 1 amide bonds. The number of carboxylic acids is 1. The van der Waals surface area contributed by atoms with E-state index in [-0.39, 0.29) is 58.4 Å². The van der Waals surface area contributed by atoms with Crippen molar-refractivity contribution in [2.24, 2.45) is 28.6 Å². The van der Waals surface area contributed by atoms with Crippen molar-refractivity contribution in [2.75, 3.05) is 20.3 Å². The maximum atomic E-state index is 14.2. The van der Waals surface area contributed by atoms with Crippen LogP contribution in [-0.4, -0.2) is 105 Å². The lowest BCUT2D eigenvalue weighted by Gasteiger charge is -2.44. The van der Waals surface area contributed by atoms with Gasteiger partial charge in [0.1, 0.15) is 22.8 Å². The molecule has 0 spiro atoms. The summed E-state index contributed by atoms with van der Waals surface area (Å²) < 4.78 is 24.3. The van der Waals surface area contributed by atoms with Gasteiger partial charge in [-0.3, -0.25) is 19.2 Å². The number of nitrogens with two attached hydrogens (primary N) is 1. The molecule has 1 heterocycles. The Bertz CT molecular complexity index is 2230. The van der Waals surface area contributed by atoms with Crippen LogP contribution in [0.3, 0.4) is 0 Å². The Labute approximate surface area is 359 Å². The number of aliphatic carboxylic acids is 1. The van der Waals surface area contributed by atoms with Crippen molar-refractivity contribution >= 4 is 29.2 Å². The number of hydrazone groups is 1. The van der Waals surface area contributed by atoms with E-state index >= 15 is 0 Å². The fourth-order valence-corrected chi connectivity index (χ4v) is 9.82. The molecule has 1 saturated heterocycles. The number of carboxylic acid groups (broad SMARTS) is 1. The third kappa shape index (κ3) is 8.34. The number of hydrogen-bond acceptors (Lipinski definition) is 14. The van der Waals surface area contributed by atoms with Gasteiger partial charge in [0.2, 0.25) is 11.7 Å². The van der Waals surface area contributed by atoms with Crippen LogP contribution in [0.15, 0.2) is 53.6 Å². The summed E-state index contributed by atoms with van der Waals surface area (Å²) in [6.07, 6.45) is -0.208. The molecule has 3 aromatic carbocycles. The molecule has 7 rings (SSSR count). The number of aromatic hydroxyl groups is 2. The predicted molar refractivity (Wildman–Crippen MR) is 223 cm³/mol. The Morgan fingerprint density at radius 2 is 1.71 bits per heavy atom. The zero-order valence-corrected chi connectivity index (χ0v) is 35.2. The number of methoxy groups -OCH3 is 1. The number of amides is 1. The number of rotatable bonds is 13. The van der Waals surface area contributed by atoms with E-state index in [0.717, 1.165) is 19.3 Å². The van der Waals surface area contributed by atoms with E-state index in [0.29, 0.717) is 18.6 Å². The van der Waals surface area contributed by atoms with Gasteiger partial charge in [-0.05, 0) is 55.6 Å². The number of nitrogens with one attached hydrogen (secondary N) is 1. The Morgan fingerprint density at radius 1 is 0.984 bits per heavy atom. The van der Waals surface area contributed by atoms with Gasteiger partial charge in [-0.1, -0.05) is 63.2 Å². The highest BCUT2D eigenvalue weighted by atomic mass is 16.7. The molecule has 332 valence electrons. The van der Waals surface area contributed by atoms with E-state index in [1.807, 2.05) is 6.92 Å². The Kier molecular flexibility index (Phi) is 13.2. The number of ketones is 2. The van der Waals surface area contributed by atoms with E-state index in [9.17, 15) is 44.7 Å². The molecule has 1 saturated carbocycles. The summed E-state index contributed by atoms with van der Waals surface area (Å²) in [5, 5.41) is 61.7. The number of benzene rings is 3. The quantitative estimate of drug-likeness (QED) is 0.0564. The van der Waals surface area contributed by atoms with Crippen molar-refractivity contribution in [2.45, 2.75) is 108 Å². The first kappa shape index (κ1) is 44.8. The second-order valence-corrected chi connectivity index (χ2v) is 17.1. The van der Waals surface area contributed by atoms with Crippen molar-refractivity contribution in [3.8, 4) is 17.2 Å². The summed E-state index contributed by atoms with van der Waals surface area (Å²) in [6, 6.07) is 12.8. The molecule has 10 atom stereocenters. The molecular weight excluding hydrogens is 803 g/mol. The van der Waals surface area contributed by atoms with Gasteiger partial charge in [-0.2, -0.15) is 5.10 Å². The maximum Gasteiger partial charge on any atom is 0.307 e. The van der Waals surface area contributed by atoms with E-state index in [1.54, 1.807) is 37.3 Å². The molecular formula is C46H55N3O13. The molecule has 2 fully saturated rings. The maximum absolute atomic E-state index is 14.2. The summed E-state index contributed by atoms with van der Waals surface area (Å²) in [5.41, 5.74) is 5.96. The molecule has 0 aromatic heterocycles. The average molecular weight is 858 g/mol. The number of phenols is 2. The third-order valence-corrected chi connectivity index (χ3v) is 13.1. The van der Waals surface area contributed by atoms with Crippen LogP contribution in [0.4, 0.5) is 0 Å². The number of nitrogens with zero attached hydrogens (tertiary/aromatic N) is 1. The summed E-state index contributed by atoms with van der Waals surface area (Å²) in [4.78, 5) is 54.4. The van der Waals surface area contributed by atoms with Crippen molar-refractivity contribution in [1.29, 1.82) is 0 Å². The number of aliphatic hydroxyl groups excluding tert-OH is 1. The van der Waals surface area contributed by atoms with Crippen LogP contribution < -0.4 is 15.9 Å². The normalized spacial score (nSPS) is 27.6. The summed E-state index contributed by atoms with van der Waals surface area (Å²) in [7, 11) is 1.34. The third-order valence-electron chi connectivity index (χ3n) is 13.1. The fraction of sp³-hybridized carbons (Fsp3) is 0.500. The highest BCUT2D eigenvalue weighted by Gasteiger charge is 2.50. The standard InChI is InChI=1S/C46H55N3O13/c1-22-17-26(18-29(47)43(22)62-33-15-8-9-16-60-33)61-31-20-46(58,32(21-50)48-49-44(55)34(24(3)45(56)57)23(2)25-11-6-5-7-12-25)19-28-36(31)42(54)38-37(40(28)52)39(51)27-13-10-14-30(59-4)35(27)41(38)53/h5-7,10-14,22-24,26,29,31,33-34,43,50,52,54,58H,8-9,15-21,47H2,1-4H3,(H,49,55)(H,56,57)/t22?,23?,24?,26-,29-,31+,33-,34?,43-,46+/m1/s1. The van der Waals surface area contributed by atoms with Gasteiger partial charge in [0.25, 0.3) is 0 Å². The first-order chi connectivity index (χ1) is 29.6. The van der Waals surface area contributed by atoms with E-state index in [1.165, 1.54) is 32.2 Å². The average Bonchev–Trinajstić information content (AvgIpc) is 3.25. The number of hydrogen-bond donors (Lipinski definition) is 7. The topological polar surface area (TPSA) is 257 Å². The predicted octanol–water partition coefficient (Wildman–Crippen LogP) is 4.26. The van der Waals surface area contributed by atoms with Crippen molar-refractivity contribution < 1.29 is 63.7 Å². The minimum Gasteiger partial charge on any atom is -0.507 e. The molecule has 62 heavy (non-hydrogen) atoms. The molecule has 16 heteroatoms. The van der Waals surface area contributed by atoms with E-state index in [4.69, 9.17) is 24.7 Å². The molecule has 1 aliphatic heterocycles. The highest BCUT2D eigenvalue weighted by Crippen LogP contribution is 2.53. The van der Waals surface area contributed by atoms with Gasteiger partial charge in [0.15, 0.2) is 12.1 Å². The lowest BCUT2D eigenvalue weighted by molar-refractivity contribution is -0.214. The smallest absolute Gasteiger partial charge is 0.307 e. The number of fused-ring (bicyclic) bond motifs is 3. The summed E-state index contributed by atoms with van der Waals surface area (Å²) >= 11 is 0. The van der Waals surface area contributed by atoms with Crippen LogP contribution in [0, 0.1) is 17.8 Å². The minimum atomic E-state index is -2.20. The molecule has 16 nitrogen and oxygen atoms in total. The summed E-state index contributed by atoms with van der Waals surface area (Å²) in [6.45, 7) is 4.78. The number of carbonyl (C=O) groups is 4. The Balaban J connectivity index is 1.26. The molecule has 8 N–H and O–H groups in total. The van der Waals surface area contributed by atoms with E-state index < -0.39 is 107 Å². The molecule has 3 aliphatic carbocycles. The SMILES string of the molecule is COc1cccc2c1C(=O)c1c(O)c3c(c(O)c1C2=O)C[C@@](O)(C(CO)=NNC(=O)C(C(C)C(=O)O)C(C)c1ccccc1)C[C@@H]3O[C@@H]1CC(C)[C@@H](O[C@@H]2CCCCO2)[C@H](N)C1. The lowest BCUT2D eigenvalue weighted by atomic mass is 9.71. The first-order valence-electron chi connectivity index (χ1n) is 21.1. The van der Waals surface area contributed by atoms with Gasteiger partial charge >= 0.3 is 5.97 Å². The molecule has 3 aromatic rings. The van der Waals surface area contributed by atoms with E-state index in [2.05, 4.69) is 10.5 Å². The van der Waals surface area contributed by atoms with Crippen molar-refractivity contribution in [3.05, 3.63) is 87.5 Å². The number of aliphatic hydroxyl groups is 2. The second kappa shape index (κ2) is 18.2. The van der Waals surface area contributed by atoms with Crippen molar-refractivity contribution in [3.63, 3.8) is 0 Å². The lowest BCUT2D eigenvalue weighted by Crippen LogP contribution is -2.52. The molecule has 0 bridgehead atoms. The van der Waals surface area contributed by atoms with Gasteiger partial charge in [-0.15, -0.1) is 0 Å². The van der Waals surface area contributed by atoms with Crippen LogP contribution in [0.1, 0.15) is 120 Å². The van der Waals surface area contributed by atoms with Gasteiger partial charge in [0.05, 0.1) is 66.3 Å². The molecule has 4 unspecified atom stereocenters. The minimum absolute atomic E-state index is 0.0472. The monoisotopic (exact) mass is 857 g/mol. The summed E-state index contributed by atoms with van der Waals surface area (Å²) in [5.74, 6) is -7.78. The zero-order chi connectivity index (χ0) is 44.6. The van der Waals surface area contributed by atoms with Crippen LogP contribution in [0.25, 0.3) is 0 Å². The Hall–Kier alpha value is -5.23. The number of ether oxygens (including phenoxy) is 4. The van der Waals surface area contributed by atoms with Crippen LogP contribution in [0.2, 0.25) is 0 Å². The second-order valence-electron chi connectivity index (χ2n) is 17.1. The molecule has 0 radical (unpaired) electrons. The largest absolute Gasteiger partial charge is 0.507 e. The number of carbonyl (C=O) groups excluding carboxylic acids is 3. The van der Waals surface area contributed by atoms with Crippen LogP contribution in [-0.2, 0) is 30.2 Å². The van der Waals surface area contributed by atoms with Gasteiger partial charge in [0, 0.05) is 42.2 Å². The fourth-order valence-electron chi connectivity index (χ4n) is 9.82. The number of phenolic OH excluding ortho intramolecular Hbond substituents is 2. The van der Waals surface area contributed by atoms with Crippen LogP contribution in [0.5, 0.6) is 17.2 Å². The van der Waals surface area contributed by atoms with Crippen molar-refractivity contribution in [1.82, 2.24) is 5.43 Å². The molecule has 4 aliphatic rings.